The Morgan fingerprint density at radius 2 is 2.10 bits per heavy atom. The number of nitrogens with one attached hydrogen (secondary N) is 2. The highest BCUT2D eigenvalue weighted by molar-refractivity contribution is 7.93. The molecule has 0 atom stereocenters. The molecule has 0 amide bonds. The molecule has 0 radical (unpaired) electrons. The molecule has 0 bridgehead atoms. The monoisotopic (exact) mass is 341 g/mol. The lowest BCUT2D eigenvalue weighted by molar-refractivity contribution is 0.600. The van der Waals surface area contributed by atoms with Gasteiger partial charge in [0.1, 0.15) is 0 Å². The first-order valence-corrected chi connectivity index (χ1v) is 8.39. The lowest BCUT2D eigenvalue weighted by atomic mass is 10.3. The van der Waals surface area contributed by atoms with Gasteiger partial charge in [-0.2, -0.15) is 0 Å². The number of thiazole rings is 1. The van der Waals surface area contributed by atoms with E-state index in [0.717, 1.165) is 28.3 Å². The van der Waals surface area contributed by atoms with Gasteiger partial charge in [-0.05, 0) is 18.2 Å². The Morgan fingerprint density at radius 1 is 1.29 bits per heavy atom. The number of nitrogens with zero attached hydrogens (tertiary/aromatic N) is 1. The molecule has 0 aliphatic carbocycles. The zero-order valence-electron chi connectivity index (χ0n) is 10.3. The highest BCUT2D eigenvalue weighted by Crippen LogP contribution is 2.29. The van der Waals surface area contributed by atoms with E-state index in [1.165, 1.54) is 6.20 Å². The highest BCUT2D eigenvalue weighted by atomic mass is 35.5. The van der Waals surface area contributed by atoms with Crippen LogP contribution >= 0.6 is 22.9 Å². The molecule has 0 aliphatic rings. The second kappa shape index (κ2) is 5.14. The number of hydrogen-bond acceptors (Lipinski definition) is 5. The normalized spacial score (nSPS) is 11.7. The molecule has 21 heavy (non-hydrogen) atoms. The van der Waals surface area contributed by atoms with Gasteiger partial charge in [-0.25, -0.2) is 13.4 Å². The van der Waals surface area contributed by atoms with E-state index in [9.17, 15) is 13.2 Å². The van der Waals surface area contributed by atoms with Gasteiger partial charge in [-0.3, -0.25) is 9.52 Å². The average Bonchev–Trinajstić information content (AvgIpc) is 2.79. The van der Waals surface area contributed by atoms with Gasteiger partial charge >= 0.3 is 0 Å². The molecule has 9 heteroatoms. The Hall–Kier alpha value is -1.90. The van der Waals surface area contributed by atoms with Crippen molar-refractivity contribution in [2.45, 2.75) is 4.90 Å². The van der Waals surface area contributed by atoms with Gasteiger partial charge in [0.05, 0.1) is 10.2 Å². The van der Waals surface area contributed by atoms with Gasteiger partial charge in [0.25, 0.3) is 10.0 Å². The lowest BCUT2D eigenvalue weighted by Crippen LogP contribution is -2.20. The number of anilines is 1. The fraction of sp³-hybridized carbons (Fsp3) is 0. The van der Waals surface area contributed by atoms with Gasteiger partial charge in [0, 0.05) is 23.5 Å². The number of pyridine rings is 1. The van der Waals surface area contributed by atoms with Crippen molar-refractivity contribution in [1.29, 1.82) is 0 Å². The number of benzene rings is 1. The van der Waals surface area contributed by atoms with Crippen molar-refractivity contribution in [2.75, 3.05) is 4.72 Å². The summed E-state index contributed by atoms with van der Waals surface area (Å²) in [5.74, 6) is 0. The topological polar surface area (TPSA) is 91.9 Å². The van der Waals surface area contributed by atoms with E-state index in [0.29, 0.717) is 10.5 Å². The number of rotatable bonds is 3. The number of aromatic amines is 1. The second-order valence-corrected chi connectivity index (χ2v) is 7.23. The summed E-state index contributed by atoms with van der Waals surface area (Å²) in [7, 11) is -3.98. The number of sulfonamides is 1. The average molecular weight is 342 g/mol. The smallest absolute Gasteiger partial charge is 0.269 e. The van der Waals surface area contributed by atoms with Crippen LogP contribution in [0.1, 0.15) is 0 Å². The van der Waals surface area contributed by atoms with Gasteiger partial charge in [-0.1, -0.05) is 22.9 Å². The third kappa shape index (κ3) is 2.78. The van der Waals surface area contributed by atoms with Crippen LogP contribution in [0.4, 0.5) is 5.13 Å². The maximum Gasteiger partial charge on any atom is 0.269 e. The molecule has 0 saturated heterocycles. The fourth-order valence-corrected chi connectivity index (χ4v) is 4.15. The van der Waals surface area contributed by atoms with Crippen LogP contribution in [-0.2, 0) is 10.0 Å². The highest BCUT2D eigenvalue weighted by Gasteiger charge is 2.19. The van der Waals surface area contributed by atoms with Gasteiger partial charge in [0.2, 0.25) is 5.43 Å². The third-order valence-corrected chi connectivity index (χ3v) is 5.31. The minimum Gasteiger partial charge on any atom is -0.366 e. The van der Waals surface area contributed by atoms with E-state index in [-0.39, 0.29) is 10.0 Å². The molecule has 2 heterocycles. The van der Waals surface area contributed by atoms with E-state index in [2.05, 4.69) is 14.7 Å². The first kappa shape index (κ1) is 14.1. The summed E-state index contributed by atoms with van der Waals surface area (Å²) in [4.78, 5) is 18.0. The van der Waals surface area contributed by atoms with Gasteiger partial charge in [0.15, 0.2) is 10.0 Å². The molecule has 0 aliphatic heterocycles. The Bertz CT molecular complexity index is 979. The van der Waals surface area contributed by atoms with Crippen molar-refractivity contribution in [3.8, 4) is 0 Å². The minimum atomic E-state index is -3.98. The van der Waals surface area contributed by atoms with Crippen molar-refractivity contribution < 1.29 is 8.42 Å². The van der Waals surface area contributed by atoms with Crippen LogP contribution in [0.2, 0.25) is 5.02 Å². The van der Waals surface area contributed by atoms with Crippen molar-refractivity contribution in [3.05, 3.63) is 51.9 Å². The maximum atomic E-state index is 12.2. The molecule has 1 aromatic carbocycles. The summed E-state index contributed by atoms with van der Waals surface area (Å²) >= 11 is 7.01. The van der Waals surface area contributed by atoms with E-state index < -0.39 is 15.5 Å². The van der Waals surface area contributed by atoms with E-state index in [1.54, 1.807) is 18.2 Å². The molecule has 3 aromatic rings. The van der Waals surface area contributed by atoms with E-state index >= 15 is 0 Å². The van der Waals surface area contributed by atoms with Crippen LogP contribution in [0.5, 0.6) is 0 Å². The molecule has 6 nitrogen and oxygen atoms in total. The van der Waals surface area contributed by atoms with Crippen LogP contribution in [0, 0.1) is 0 Å². The molecule has 0 fully saturated rings. The van der Waals surface area contributed by atoms with Crippen LogP contribution in [0.25, 0.3) is 10.2 Å². The number of fused-ring (bicyclic) bond motifs is 1. The first-order valence-electron chi connectivity index (χ1n) is 5.72. The Balaban J connectivity index is 2.01. The molecule has 0 spiro atoms. The zero-order chi connectivity index (χ0) is 15.0. The number of aromatic nitrogens is 2. The molecule has 3 rings (SSSR count). The second-order valence-electron chi connectivity index (χ2n) is 4.11. The van der Waals surface area contributed by atoms with E-state index in [4.69, 9.17) is 11.6 Å². The number of H-pyrrole nitrogens is 1. The lowest BCUT2D eigenvalue weighted by Gasteiger charge is -2.03. The largest absolute Gasteiger partial charge is 0.366 e. The van der Waals surface area contributed by atoms with Crippen LogP contribution in [0.15, 0.2) is 46.3 Å². The summed E-state index contributed by atoms with van der Waals surface area (Å²) in [6.07, 6.45) is 2.50. The van der Waals surface area contributed by atoms with E-state index in [1.807, 2.05) is 0 Å². The molecule has 2 aromatic heterocycles. The van der Waals surface area contributed by atoms with Crippen LogP contribution in [-0.4, -0.2) is 18.4 Å². The predicted octanol–water partition coefficient (Wildman–Crippen LogP) is 2.44. The summed E-state index contributed by atoms with van der Waals surface area (Å²) < 4.78 is 27.4. The summed E-state index contributed by atoms with van der Waals surface area (Å²) in [6.45, 7) is 0. The summed E-state index contributed by atoms with van der Waals surface area (Å²) in [5, 5.41) is 0.718. The zero-order valence-corrected chi connectivity index (χ0v) is 12.7. The van der Waals surface area contributed by atoms with Gasteiger partial charge in [-0.15, -0.1) is 0 Å². The Morgan fingerprint density at radius 3 is 2.86 bits per heavy atom. The maximum absolute atomic E-state index is 12.2. The minimum absolute atomic E-state index is 0.176. The van der Waals surface area contributed by atoms with Crippen LogP contribution < -0.4 is 10.2 Å². The molecule has 2 N–H and O–H groups in total. The Kier molecular flexibility index (Phi) is 3.44. The summed E-state index contributed by atoms with van der Waals surface area (Å²) in [6, 6.07) is 6.21. The van der Waals surface area contributed by atoms with Crippen molar-refractivity contribution >= 4 is 48.3 Å². The van der Waals surface area contributed by atoms with Crippen LogP contribution in [0.3, 0.4) is 0 Å². The molecule has 0 saturated carbocycles. The standard InChI is InChI=1S/C12H8ClN3O3S2/c13-7-1-2-8-10(5-7)20-12(15-8)16-21(18,19)11-6-14-4-3-9(11)17/h1-6H,(H,14,17)(H,15,16). The fourth-order valence-electron chi connectivity index (χ4n) is 1.72. The molecular formula is C12H8ClN3O3S2. The van der Waals surface area contributed by atoms with Crippen molar-refractivity contribution in [3.63, 3.8) is 0 Å². The summed E-state index contributed by atoms with van der Waals surface area (Å²) in [5.41, 5.74) is 0.0366. The van der Waals surface area contributed by atoms with Gasteiger partial charge < -0.3 is 4.98 Å². The Labute approximate surface area is 128 Å². The molecular weight excluding hydrogens is 334 g/mol. The number of hydrogen-bond donors (Lipinski definition) is 2. The SMILES string of the molecule is O=c1cc[nH]cc1S(=O)(=O)Nc1nc2ccc(Cl)cc2s1. The molecule has 0 unspecified atom stereocenters. The van der Waals surface area contributed by atoms with Crippen molar-refractivity contribution in [1.82, 2.24) is 9.97 Å². The number of halogens is 1. The molecule has 108 valence electrons. The third-order valence-electron chi connectivity index (χ3n) is 2.65. The van der Waals surface area contributed by atoms with Crippen molar-refractivity contribution in [2.24, 2.45) is 0 Å². The first-order chi connectivity index (χ1) is 9.95. The quantitative estimate of drug-likeness (QED) is 0.765. The predicted molar refractivity (Wildman–Crippen MR) is 82.5 cm³/mol.